The lowest BCUT2D eigenvalue weighted by molar-refractivity contribution is -0.120. The molecule has 0 aromatic heterocycles. The van der Waals surface area contributed by atoms with Gasteiger partial charge in [0.2, 0.25) is 5.91 Å². The molecule has 1 aromatic rings. The molecule has 1 unspecified atom stereocenters. The van der Waals surface area contributed by atoms with Gasteiger partial charge in [0.05, 0.1) is 20.6 Å². The van der Waals surface area contributed by atoms with Crippen molar-refractivity contribution < 1.29 is 14.3 Å². The second kappa shape index (κ2) is 8.84. The van der Waals surface area contributed by atoms with Crippen LogP contribution in [0.5, 0.6) is 11.5 Å². The number of methoxy groups -OCH3 is 2. The molecule has 0 spiro atoms. The van der Waals surface area contributed by atoms with Gasteiger partial charge in [-0.3, -0.25) is 4.79 Å². The zero-order valence-corrected chi connectivity index (χ0v) is 13.8. The van der Waals surface area contributed by atoms with Crippen molar-refractivity contribution in [3.05, 3.63) is 23.8 Å². The minimum absolute atomic E-state index is 0.0118. The maximum Gasteiger partial charge on any atom is 0.224 e. The predicted molar refractivity (Wildman–Crippen MR) is 83.9 cm³/mol. The molecule has 112 valence electrons. The number of ether oxygens (including phenoxy) is 2. The number of benzene rings is 1. The lowest BCUT2D eigenvalue weighted by Crippen LogP contribution is -2.30. The Hall–Kier alpha value is -1.23. The van der Waals surface area contributed by atoms with E-state index in [0.717, 1.165) is 18.4 Å². The number of rotatable bonds is 8. The minimum atomic E-state index is 0.0118. The fourth-order valence-corrected chi connectivity index (χ4v) is 2.50. The Morgan fingerprint density at radius 1 is 1.30 bits per heavy atom. The molecule has 1 atom stereocenters. The fourth-order valence-electron chi connectivity index (χ4n) is 1.88. The molecule has 0 fully saturated rings. The third kappa shape index (κ3) is 5.41. The number of amides is 1. The maximum atomic E-state index is 11.9. The van der Waals surface area contributed by atoms with E-state index < -0.39 is 0 Å². The maximum absolute atomic E-state index is 11.9. The molecular formula is C15H22BrNO3. The molecule has 1 amide bonds. The van der Waals surface area contributed by atoms with E-state index in [0.29, 0.717) is 29.3 Å². The number of carbonyl (C=O) groups is 1. The standard InChI is InChI=1S/C15H22BrNO3/c1-4-5-12(16)10-17-15(18)9-11-6-7-13(19-2)14(8-11)20-3/h6-8,12H,4-5,9-10H2,1-3H3,(H,17,18). The Morgan fingerprint density at radius 2 is 2.00 bits per heavy atom. The van der Waals surface area contributed by atoms with E-state index in [1.807, 2.05) is 18.2 Å². The van der Waals surface area contributed by atoms with Gasteiger partial charge in [-0.25, -0.2) is 0 Å². The van der Waals surface area contributed by atoms with Crippen molar-refractivity contribution in [1.29, 1.82) is 0 Å². The highest BCUT2D eigenvalue weighted by Crippen LogP contribution is 2.27. The van der Waals surface area contributed by atoms with Crippen molar-refractivity contribution >= 4 is 21.8 Å². The van der Waals surface area contributed by atoms with Crippen LogP contribution in [0.25, 0.3) is 0 Å². The number of hydrogen-bond donors (Lipinski definition) is 1. The summed E-state index contributed by atoms with van der Waals surface area (Å²) in [6.45, 7) is 2.78. The molecule has 0 bridgehead atoms. The number of alkyl halides is 1. The molecule has 20 heavy (non-hydrogen) atoms. The van der Waals surface area contributed by atoms with E-state index in [1.54, 1.807) is 14.2 Å². The van der Waals surface area contributed by atoms with Crippen molar-refractivity contribution in [2.45, 2.75) is 31.0 Å². The summed E-state index contributed by atoms with van der Waals surface area (Å²) in [6, 6.07) is 5.51. The topological polar surface area (TPSA) is 47.6 Å². The molecule has 0 saturated heterocycles. The predicted octanol–water partition coefficient (Wildman–Crippen LogP) is 2.93. The number of carbonyl (C=O) groups excluding carboxylic acids is 1. The molecule has 0 saturated carbocycles. The van der Waals surface area contributed by atoms with E-state index >= 15 is 0 Å². The Balaban J connectivity index is 2.53. The van der Waals surface area contributed by atoms with Crippen molar-refractivity contribution in [1.82, 2.24) is 5.32 Å². The lowest BCUT2D eigenvalue weighted by atomic mass is 10.1. The smallest absolute Gasteiger partial charge is 0.224 e. The first-order valence-electron chi connectivity index (χ1n) is 6.72. The summed E-state index contributed by atoms with van der Waals surface area (Å²) in [5.74, 6) is 1.32. The molecule has 0 aliphatic heterocycles. The highest BCUT2D eigenvalue weighted by Gasteiger charge is 2.09. The number of nitrogens with one attached hydrogen (secondary N) is 1. The van der Waals surface area contributed by atoms with Gasteiger partial charge in [0.15, 0.2) is 11.5 Å². The summed E-state index contributed by atoms with van der Waals surface area (Å²) in [5.41, 5.74) is 0.904. The van der Waals surface area contributed by atoms with E-state index in [1.165, 1.54) is 0 Å². The zero-order valence-electron chi connectivity index (χ0n) is 12.2. The molecule has 4 nitrogen and oxygen atoms in total. The van der Waals surface area contributed by atoms with Gasteiger partial charge >= 0.3 is 0 Å². The molecular weight excluding hydrogens is 322 g/mol. The van der Waals surface area contributed by atoms with E-state index in [9.17, 15) is 4.79 Å². The first-order chi connectivity index (χ1) is 9.60. The van der Waals surface area contributed by atoms with Crippen LogP contribution in [-0.2, 0) is 11.2 Å². The van der Waals surface area contributed by atoms with E-state index in [2.05, 4.69) is 28.2 Å². The Morgan fingerprint density at radius 3 is 2.60 bits per heavy atom. The monoisotopic (exact) mass is 343 g/mol. The largest absolute Gasteiger partial charge is 0.493 e. The summed E-state index contributed by atoms with van der Waals surface area (Å²) in [7, 11) is 3.18. The third-order valence-corrected chi connectivity index (χ3v) is 3.72. The second-order valence-corrected chi connectivity index (χ2v) is 5.85. The normalized spacial score (nSPS) is 11.8. The lowest BCUT2D eigenvalue weighted by Gasteiger charge is -2.11. The number of hydrogen-bond acceptors (Lipinski definition) is 3. The average Bonchev–Trinajstić information content (AvgIpc) is 2.45. The highest BCUT2D eigenvalue weighted by molar-refractivity contribution is 9.09. The van der Waals surface area contributed by atoms with E-state index in [-0.39, 0.29) is 5.91 Å². The Kier molecular flexibility index (Phi) is 7.44. The Bertz CT molecular complexity index is 437. The fraction of sp³-hybridized carbons (Fsp3) is 0.533. The van der Waals surface area contributed by atoms with Gasteiger partial charge < -0.3 is 14.8 Å². The molecule has 0 aliphatic rings. The summed E-state index contributed by atoms with van der Waals surface area (Å²) in [5, 5.41) is 2.92. The molecule has 0 aliphatic carbocycles. The number of halogens is 1. The molecule has 1 aromatic carbocycles. The molecule has 1 N–H and O–H groups in total. The van der Waals surface area contributed by atoms with Gasteiger partial charge in [-0.1, -0.05) is 35.3 Å². The van der Waals surface area contributed by atoms with Crippen molar-refractivity contribution in [3.63, 3.8) is 0 Å². The van der Waals surface area contributed by atoms with Crippen LogP contribution in [0.3, 0.4) is 0 Å². The summed E-state index contributed by atoms with van der Waals surface area (Å²) < 4.78 is 10.4. The summed E-state index contributed by atoms with van der Waals surface area (Å²) in [6.07, 6.45) is 2.49. The minimum Gasteiger partial charge on any atom is -0.493 e. The van der Waals surface area contributed by atoms with Crippen LogP contribution < -0.4 is 14.8 Å². The van der Waals surface area contributed by atoms with Crippen LogP contribution >= 0.6 is 15.9 Å². The zero-order chi connectivity index (χ0) is 15.0. The van der Waals surface area contributed by atoms with Gasteiger partial charge in [0, 0.05) is 11.4 Å². The van der Waals surface area contributed by atoms with Gasteiger partial charge in [-0.15, -0.1) is 0 Å². The highest BCUT2D eigenvalue weighted by atomic mass is 79.9. The first-order valence-corrected chi connectivity index (χ1v) is 7.64. The van der Waals surface area contributed by atoms with Gasteiger partial charge in [0.1, 0.15) is 0 Å². The Labute approximate surface area is 129 Å². The average molecular weight is 344 g/mol. The second-order valence-electron chi connectivity index (χ2n) is 4.56. The quantitative estimate of drug-likeness (QED) is 0.738. The molecule has 1 rings (SSSR count). The third-order valence-electron chi connectivity index (χ3n) is 2.94. The van der Waals surface area contributed by atoms with Crippen LogP contribution in [0.2, 0.25) is 0 Å². The molecule has 5 heteroatoms. The molecule has 0 radical (unpaired) electrons. The first kappa shape index (κ1) is 16.8. The van der Waals surface area contributed by atoms with Crippen LogP contribution in [-0.4, -0.2) is 31.5 Å². The SMILES string of the molecule is CCCC(Br)CNC(=O)Cc1ccc(OC)c(OC)c1. The van der Waals surface area contributed by atoms with Crippen molar-refractivity contribution in [3.8, 4) is 11.5 Å². The molecule has 0 heterocycles. The van der Waals surface area contributed by atoms with Gasteiger partial charge in [0.25, 0.3) is 0 Å². The summed E-state index contributed by atoms with van der Waals surface area (Å²) in [4.78, 5) is 12.2. The van der Waals surface area contributed by atoms with Crippen LogP contribution in [0.4, 0.5) is 0 Å². The van der Waals surface area contributed by atoms with E-state index in [4.69, 9.17) is 9.47 Å². The van der Waals surface area contributed by atoms with Gasteiger partial charge in [-0.05, 0) is 24.1 Å². The summed E-state index contributed by atoms with van der Waals surface area (Å²) >= 11 is 3.54. The van der Waals surface area contributed by atoms with Crippen LogP contribution in [0.15, 0.2) is 18.2 Å². The van der Waals surface area contributed by atoms with Gasteiger partial charge in [-0.2, -0.15) is 0 Å². The van der Waals surface area contributed by atoms with Crippen molar-refractivity contribution in [2.75, 3.05) is 20.8 Å². The van der Waals surface area contributed by atoms with Crippen LogP contribution in [0.1, 0.15) is 25.3 Å². The van der Waals surface area contributed by atoms with Crippen LogP contribution in [0, 0.1) is 0 Å². The van der Waals surface area contributed by atoms with Crippen molar-refractivity contribution in [2.24, 2.45) is 0 Å².